The van der Waals surface area contributed by atoms with Crippen molar-refractivity contribution in [1.82, 2.24) is 5.32 Å². The maximum absolute atomic E-state index is 12.4. The van der Waals surface area contributed by atoms with Gasteiger partial charge in [0.2, 0.25) is 0 Å². The molecule has 0 unspecified atom stereocenters. The van der Waals surface area contributed by atoms with E-state index in [-0.39, 0.29) is 11.4 Å². The maximum Gasteiger partial charge on any atom is 0.255 e. The highest BCUT2D eigenvalue weighted by Crippen LogP contribution is 2.22. The van der Waals surface area contributed by atoms with E-state index >= 15 is 0 Å². The number of benzene rings is 1. The second-order valence-electron chi connectivity index (χ2n) is 4.50. The van der Waals surface area contributed by atoms with Gasteiger partial charge in [-0.05, 0) is 31.9 Å². The summed E-state index contributed by atoms with van der Waals surface area (Å²) in [5.74, 6) is 0.561. The van der Waals surface area contributed by atoms with Gasteiger partial charge < -0.3 is 10.1 Å². The molecule has 3 nitrogen and oxygen atoms in total. The number of nitrogens with one attached hydrogen (secondary N) is 1. The number of hydrogen-bond donors (Lipinski definition) is 1. The topological polar surface area (TPSA) is 38.3 Å². The molecule has 0 heterocycles. The summed E-state index contributed by atoms with van der Waals surface area (Å²) in [7, 11) is 0. The highest BCUT2D eigenvalue weighted by molar-refractivity contribution is 9.09. The van der Waals surface area contributed by atoms with E-state index in [2.05, 4.69) is 35.1 Å². The first kappa shape index (κ1) is 16.0. The van der Waals surface area contributed by atoms with Crippen LogP contribution in [0.1, 0.15) is 44.0 Å². The van der Waals surface area contributed by atoms with Crippen molar-refractivity contribution in [2.75, 3.05) is 11.9 Å². The van der Waals surface area contributed by atoms with Crippen LogP contribution in [0.25, 0.3) is 0 Å². The van der Waals surface area contributed by atoms with Crippen LogP contribution in [0.4, 0.5) is 0 Å². The predicted molar refractivity (Wildman–Crippen MR) is 82.2 cm³/mol. The molecule has 106 valence electrons. The number of rotatable bonds is 7. The fraction of sp³-hybridized carbons (Fsp3) is 0.533. The van der Waals surface area contributed by atoms with E-state index in [4.69, 9.17) is 4.74 Å². The Balaban J connectivity index is 2.94. The molecule has 0 spiro atoms. The zero-order chi connectivity index (χ0) is 14.3. The summed E-state index contributed by atoms with van der Waals surface area (Å²) >= 11 is 3.50. The number of carbonyl (C=O) groups excluding carboxylic acids is 1. The average Bonchev–Trinajstić information content (AvgIpc) is 2.46. The number of amides is 1. The fourth-order valence-corrected chi connectivity index (χ4v) is 2.83. The van der Waals surface area contributed by atoms with Crippen LogP contribution in [-0.4, -0.2) is 23.4 Å². The average molecular weight is 328 g/mol. The maximum atomic E-state index is 12.4. The lowest BCUT2D eigenvalue weighted by molar-refractivity contribution is 0.0900. The molecule has 0 aliphatic carbocycles. The van der Waals surface area contributed by atoms with E-state index in [1.54, 1.807) is 6.07 Å². The second-order valence-corrected chi connectivity index (χ2v) is 5.07. The quantitative estimate of drug-likeness (QED) is 0.774. The molecular weight excluding hydrogens is 306 g/mol. The molecular formula is C15H22BrNO2. The van der Waals surface area contributed by atoms with Gasteiger partial charge in [-0.3, -0.25) is 4.79 Å². The van der Waals surface area contributed by atoms with Gasteiger partial charge in [0.05, 0.1) is 12.2 Å². The minimum absolute atomic E-state index is 0.0767. The lowest BCUT2D eigenvalue weighted by Gasteiger charge is -2.31. The van der Waals surface area contributed by atoms with Crippen LogP contribution in [0, 0.1) is 0 Å². The summed E-state index contributed by atoms with van der Waals surface area (Å²) in [5.41, 5.74) is 0.396. The molecule has 0 atom stereocenters. The summed E-state index contributed by atoms with van der Waals surface area (Å²) in [4.78, 5) is 12.4. The van der Waals surface area contributed by atoms with Gasteiger partial charge in [0, 0.05) is 10.9 Å². The van der Waals surface area contributed by atoms with Gasteiger partial charge >= 0.3 is 0 Å². The second kappa shape index (κ2) is 7.53. The Kier molecular flexibility index (Phi) is 6.35. The summed E-state index contributed by atoms with van der Waals surface area (Å²) in [6.07, 6.45) is 1.77. The number of alkyl halides is 1. The third kappa shape index (κ3) is 3.96. The van der Waals surface area contributed by atoms with Gasteiger partial charge in [0.15, 0.2) is 0 Å². The van der Waals surface area contributed by atoms with Gasteiger partial charge in [-0.15, -0.1) is 0 Å². The Morgan fingerprint density at radius 2 is 1.89 bits per heavy atom. The van der Waals surface area contributed by atoms with Crippen molar-refractivity contribution in [3.8, 4) is 5.75 Å². The smallest absolute Gasteiger partial charge is 0.255 e. The van der Waals surface area contributed by atoms with Crippen LogP contribution < -0.4 is 10.1 Å². The lowest BCUT2D eigenvalue weighted by Crippen LogP contribution is -2.49. The van der Waals surface area contributed by atoms with E-state index in [9.17, 15) is 4.79 Å². The Labute approximate surface area is 123 Å². The summed E-state index contributed by atoms with van der Waals surface area (Å²) in [6.45, 7) is 6.63. The van der Waals surface area contributed by atoms with E-state index in [1.807, 2.05) is 25.1 Å². The van der Waals surface area contributed by atoms with Gasteiger partial charge in [-0.2, -0.15) is 0 Å². The molecule has 1 rings (SSSR count). The number of para-hydroxylation sites is 1. The molecule has 0 fully saturated rings. The number of ether oxygens (including phenoxy) is 1. The SMILES string of the molecule is CCOc1ccccc1C(=O)NC(CC)(CC)CBr. The molecule has 0 saturated heterocycles. The fourth-order valence-electron chi connectivity index (χ4n) is 1.89. The van der Waals surface area contributed by atoms with Crippen molar-refractivity contribution in [2.45, 2.75) is 39.2 Å². The van der Waals surface area contributed by atoms with Gasteiger partial charge in [0.1, 0.15) is 5.75 Å². The Hall–Kier alpha value is -1.03. The third-order valence-corrected chi connectivity index (χ3v) is 4.49. The normalized spacial score (nSPS) is 11.2. The van der Waals surface area contributed by atoms with E-state index in [0.29, 0.717) is 17.9 Å². The van der Waals surface area contributed by atoms with Crippen LogP contribution in [-0.2, 0) is 0 Å². The van der Waals surface area contributed by atoms with Gasteiger partial charge in [-0.1, -0.05) is 41.9 Å². The lowest BCUT2D eigenvalue weighted by atomic mass is 9.95. The van der Waals surface area contributed by atoms with Gasteiger partial charge in [0.25, 0.3) is 5.91 Å². The van der Waals surface area contributed by atoms with Crippen LogP contribution in [0.2, 0.25) is 0 Å². The van der Waals surface area contributed by atoms with Crippen LogP contribution in [0.15, 0.2) is 24.3 Å². The number of halogens is 1. The van der Waals surface area contributed by atoms with Crippen molar-refractivity contribution in [3.63, 3.8) is 0 Å². The Bertz CT molecular complexity index is 408. The van der Waals surface area contributed by atoms with Crippen molar-refractivity contribution >= 4 is 21.8 Å². The molecule has 1 aromatic carbocycles. The van der Waals surface area contributed by atoms with Crippen molar-refractivity contribution < 1.29 is 9.53 Å². The third-order valence-electron chi connectivity index (χ3n) is 3.42. The van der Waals surface area contributed by atoms with E-state index in [1.165, 1.54) is 0 Å². The largest absolute Gasteiger partial charge is 0.493 e. The first-order valence-corrected chi connectivity index (χ1v) is 7.84. The molecule has 0 aliphatic rings. The summed E-state index contributed by atoms with van der Waals surface area (Å²) in [6, 6.07) is 7.35. The molecule has 4 heteroatoms. The minimum Gasteiger partial charge on any atom is -0.493 e. The zero-order valence-electron chi connectivity index (χ0n) is 11.8. The molecule has 1 aromatic rings. The van der Waals surface area contributed by atoms with E-state index < -0.39 is 0 Å². The van der Waals surface area contributed by atoms with Crippen molar-refractivity contribution in [1.29, 1.82) is 0 Å². The van der Waals surface area contributed by atoms with Crippen LogP contribution in [0.3, 0.4) is 0 Å². The highest BCUT2D eigenvalue weighted by Gasteiger charge is 2.28. The highest BCUT2D eigenvalue weighted by atomic mass is 79.9. The number of hydrogen-bond acceptors (Lipinski definition) is 2. The number of carbonyl (C=O) groups is 1. The molecule has 0 aliphatic heterocycles. The molecule has 0 radical (unpaired) electrons. The first-order chi connectivity index (χ1) is 9.12. The van der Waals surface area contributed by atoms with Crippen LogP contribution >= 0.6 is 15.9 Å². The predicted octanol–water partition coefficient (Wildman–Crippen LogP) is 3.77. The molecule has 1 amide bonds. The molecule has 19 heavy (non-hydrogen) atoms. The molecule has 0 saturated carbocycles. The van der Waals surface area contributed by atoms with E-state index in [0.717, 1.165) is 18.2 Å². The zero-order valence-corrected chi connectivity index (χ0v) is 13.4. The van der Waals surface area contributed by atoms with Crippen molar-refractivity contribution in [2.24, 2.45) is 0 Å². The summed E-state index contributed by atoms with van der Waals surface area (Å²) < 4.78 is 5.50. The molecule has 0 aromatic heterocycles. The van der Waals surface area contributed by atoms with Crippen molar-refractivity contribution in [3.05, 3.63) is 29.8 Å². The standard InChI is InChI=1S/C15H22BrNO2/c1-4-15(5-2,11-16)17-14(18)12-9-7-8-10-13(12)19-6-3/h7-10H,4-6,11H2,1-3H3,(H,17,18). The van der Waals surface area contributed by atoms with Gasteiger partial charge in [-0.25, -0.2) is 0 Å². The van der Waals surface area contributed by atoms with Crippen LogP contribution in [0.5, 0.6) is 5.75 Å². The minimum atomic E-state index is -0.198. The Morgan fingerprint density at radius 1 is 1.26 bits per heavy atom. The Morgan fingerprint density at radius 3 is 2.42 bits per heavy atom. The molecule has 1 N–H and O–H groups in total. The summed E-state index contributed by atoms with van der Waals surface area (Å²) in [5, 5.41) is 3.87. The monoisotopic (exact) mass is 327 g/mol. The molecule has 0 bridgehead atoms. The first-order valence-electron chi connectivity index (χ1n) is 6.72.